The molecule has 118 valence electrons. The van der Waals surface area contributed by atoms with E-state index < -0.39 is 17.3 Å². The van der Waals surface area contributed by atoms with Crippen LogP contribution in [0.1, 0.15) is 40.5 Å². The topological polar surface area (TPSA) is 56.8 Å². The molecule has 1 amide bonds. The Hall–Kier alpha value is -0.0800. The Morgan fingerprint density at radius 3 is 2.60 bits per heavy atom. The van der Waals surface area contributed by atoms with Gasteiger partial charge in [-0.25, -0.2) is 4.79 Å². The molecule has 0 aromatic carbocycles. The van der Waals surface area contributed by atoms with Gasteiger partial charge in [0.25, 0.3) is 0 Å². The molecule has 1 aliphatic heterocycles. The van der Waals surface area contributed by atoms with Gasteiger partial charge in [0.1, 0.15) is 5.60 Å². The van der Waals surface area contributed by atoms with E-state index in [2.05, 4.69) is 27.9 Å². The van der Waals surface area contributed by atoms with E-state index in [-0.39, 0.29) is 6.10 Å². The summed E-state index contributed by atoms with van der Waals surface area (Å²) in [5.74, 6) is 0. The normalized spacial score (nSPS) is 22.4. The van der Waals surface area contributed by atoms with E-state index in [4.69, 9.17) is 14.2 Å². The van der Waals surface area contributed by atoms with Crippen molar-refractivity contribution in [2.75, 3.05) is 24.2 Å². The number of carbonyl (C=O) groups excluding carboxylic acids is 1. The van der Waals surface area contributed by atoms with Crippen molar-refractivity contribution >= 4 is 28.7 Å². The highest BCUT2D eigenvalue weighted by molar-refractivity contribution is 14.1. The number of nitrogens with one attached hydrogen (secondary N) is 1. The van der Waals surface area contributed by atoms with Crippen LogP contribution in [0.4, 0.5) is 4.79 Å². The molecule has 0 aromatic heterocycles. The lowest BCUT2D eigenvalue weighted by atomic mass is 10.1. The number of ether oxygens (including phenoxy) is 3. The molecule has 0 aromatic rings. The Morgan fingerprint density at radius 1 is 1.40 bits per heavy atom. The third-order valence-electron chi connectivity index (χ3n) is 2.93. The molecule has 1 heterocycles. The number of carbonyl (C=O) groups is 1. The van der Waals surface area contributed by atoms with Gasteiger partial charge in [0.05, 0.1) is 24.9 Å². The minimum Gasteiger partial charge on any atom is -0.444 e. The van der Waals surface area contributed by atoms with E-state index in [0.29, 0.717) is 13.2 Å². The Morgan fingerprint density at radius 2 is 2.10 bits per heavy atom. The number of rotatable bonds is 6. The van der Waals surface area contributed by atoms with Crippen LogP contribution in [-0.4, -0.2) is 47.6 Å². The lowest BCUT2D eigenvalue weighted by Gasteiger charge is -2.30. The standard InChI is InChI=1S/C14H26INO4/c1-13(2,3)20-12(17)16-10-14(4,9-15)19-8-11-6-5-7-18-11/h11H,5-10H2,1-4H3,(H,16,17). The second-order valence-electron chi connectivity index (χ2n) is 6.39. The second-order valence-corrected chi connectivity index (χ2v) is 7.15. The van der Waals surface area contributed by atoms with Gasteiger partial charge in [0.15, 0.2) is 0 Å². The summed E-state index contributed by atoms with van der Waals surface area (Å²) in [5, 5.41) is 2.77. The molecule has 1 fully saturated rings. The first-order chi connectivity index (χ1) is 9.24. The van der Waals surface area contributed by atoms with Gasteiger partial charge in [-0.1, -0.05) is 22.6 Å². The maximum absolute atomic E-state index is 11.7. The second kappa shape index (κ2) is 7.79. The molecule has 6 heteroatoms. The van der Waals surface area contributed by atoms with Crippen LogP contribution in [0.25, 0.3) is 0 Å². The summed E-state index contributed by atoms with van der Waals surface area (Å²) >= 11 is 2.27. The molecule has 1 rings (SSSR count). The fraction of sp³-hybridized carbons (Fsp3) is 0.929. The molecule has 0 radical (unpaired) electrons. The number of alkyl halides is 1. The summed E-state index contributed by atoms with van der Waals surface area (Å²) in [4.78, 5) is 11.7. The van der Waals surface area contributed by atoms with Crippen LogP contribution < -0.4 is 5.32 Å². The van der Waals surface area contributed by atoms with Crippen LogP contribution in [0.15, 0.2) is 0 Å². The van der Waals surface area contributed by atoms with Crippen LogP contribution >= 0.6 is 22.6 Å². The predicted octanol–water partition coefficient (Wildman–Crippen LogP) is 2.90. The highest BCUT2D eigenvalue weighted by Crippen LogP contribution is 2.18. The molecular formula is C14H26INO4. The third kappa shape index (κ3) is 7.08. The van der Waals surface area contributed by atoms with E-state index >= 15 is 0 Å². The zero-order chi connectivity index (χ0) is 15.2. The molecule has 20 heavy (non-hydrogen) atoms. The first-order valence-electron chi connectivity index (χ1n) is 7.02. The molecule has 1 aliphatic rings. The van der Waals surface area contributed by atoms with Crippen molar-refractivity contribution in [3.8, 4) is 0 Å². The van der Waals surface area contributed by atoms with Crippen molar-refractivity contribution in [1.29, 1.82) is 0 Å². The van der Waals surface area contributed by atoms with Crippen molar-refractivity contribution < 1.29 is 19.0 Å². The van der Waals surface area contributed by atoms with Gasteiger partial charge in [-0.2, -0.15) is 0 Å². The molecule has 0 bridgehead atoms. The zero-order valence-corrected chi connectivity index (χ0v) is 15.0. The lowest BCUT2D eigenvalue weighted by molar-refractivity contribution is -0.0600. The SMILES string of the molecule is CC(C)(C)OC(=O)NCC(C)(CI)OCC1CCCO1. The van der Waals surface area contributed by atoms with Crippen LogP contribution in [0, 0.1) is 0 Å². The Kier molecular flexibility index (Phi) is 7.00. The summed E-state index contributed by atoms with van der Waals surface area (Å²) in [6.07, 6.45) is 1.94. The zero-order valence-electron chi connectivity index (χ0n) is 12.8. The molecule has 5 nitrogen and oxygen atoms in total. The molecule has 0 saturated carbocycles. The van der Waals surface area contributed by atoms with Crippen molar-refractivity contribution in [2.45, 2.75) is 57.8 Å². The van der Waals surface area contributed by atoms with Gasteiger partial charge >= 0.3 is 6.09 Å². The number of halogens is 1. The Balaban J connectivity index is 2.33. The molecule has 2 unspecified atom stereocenters. The first-order valence-corrected chi connectivity index (χ1v) is 8.55. The molecule has 1 saturated heterocycles. The quantitative estimate of drug-likeness (QED) is 0.551. The van der Waals surface area contributed by atoms with Gasteiger partial charge in [-0.05, 0) is 40.5 Å². The van der Waals surface area contributed by atoms with Gasteiger partial charge < -0.3 is 19.5 Å². The van der Waals surface area contributed by atoms with Crippen LogP contribution in [0.2, 0.25) is 0 Å². The molecule has 0 aliphatic carbocycles. The van der Waals surface area contributed by atoms with E-state index in [9.17, 15) is 4.79 Å². The lowest BCUT2D eigenvalue weighted by Crippen LogP contribution is -2.46. The highest BCUT2D eigenvalue weighted by atomic mass is 127. The minimum atomic E-state index is -0.483. The van der Waals surface area contributed by atoms with Crippen molar-refractivity contribution in [1.82, 2.24) is 5.32 Å². The van der Waals surface area contributed by atoms with Gasteiger partial charge in [0.2, 0.25) is 0 Å². The van der Waals surface area contributed by atoms with Crippen molar-refractivity contribution in [2.24, 2.45) is 0 Å². The van der Waals surface area contributed by atoms with Crippen LogP contribution in [0.5, 0.6) is 0 Å². The van der Waals surface area contributed by atoms with Gasteiger partial charge in [-0.3, -0.25) is 0 Å². The van der Waals surface area contributed by atoms with E-state index in [1.807, 2.05) is 27.7 Å². The maximum Gasteiger partial charge on any atom is 0.407 e. The Bertz CT molecular complexity index is 313. The summed E-state index contributed by atoms with van der Waals surface area (Å²) in [5.41, 5.74) is -0.882. The summed E-state index contributed by atoms with van der Waals surface area (Å²) in [6.45, 7) is 9.36. The fourth-order valence-corrected chi connectivity index (χ4v) is 2.27. The summed E-state index contributed by atoms with van der Waals surface area (Å²) in [7, 11) is 0. The van der Waals surface area contributed by atoms with Crippen molar-refractivity contribution in [3.05, 3.63) is 0 Å². The average Bonchev–Trinajstić information content (AvgIpc) is 2.85. The summed E-state index contributed by atoms with van der Waals surface area (Å²) < 4.78 is 17.5. The average molecular weight is 399 g/mol. The third-order valence-corrected chi connectivity index (χ3v) is 4.54. The number of hydrogen-bond acceptors (Lipinski definition) is 4. The molecule has 0 spiro atoms. The Labute approximate surface area is 135 Å². The van der Waals surface area contributed by atoms with Gasteiger partial charge in [0, 0.05) is 11.0 Å². The minimum absolute atomic E-state index is 0.193. The first kappa shape index (κ1) is 18.0. The largest absolute Gasteiger partial charge is 0.444 e. The van der Waals surface area contributed by atoms with Crippen LogP contribution in [0.3, 0.4) is 0 Å². The predicted molar refractivity (Wildman–Crippen MR) is 86.5 cm³/mol. The highest BCUT2D eigenvalue weighted by Gasteiger charge is 2.28. The monoisotopic (exact) mass is 399 g/mol. The van der Waals surface area contributed by atoms with Gasteiger partial charge in [-0.15, -0.1) is 0 Å². The van der Waals surface area contributed by atoms with E-state index in [0.717, 1.165) is 23.9 Å². The summed E-state index contributed by atoms with van der Waals surface area (Å²) in [6, 6.07) is 0. The van der Waals surface area contributed by atoms with E-state index in [1.54, 1.807) is 0 Å². The van der Waals surface area contributed by atoms with Crippen molar-refractivity contribution in [3.63, 3.8) is 0 Å². The number of hydrogen-bond donors (Lipinski definition) is 1. The molecular weight excluding hydrogens is 373 g/mol. The van der Waals surface area contributed by atoms with Crippen LogP contribution in [-0.2, 0) is 14.2 Å². The van der Waals surface area contributed by atoms with E-state index in [1.165, 1.54) is 0 Å². The molecule has 1 N–H and O–H groups in total. The smallest absolute Gasteiger partial charge is 0.407 e. The maximum atomic E-state index is 11.7. The fourth-order valence-electron chi connectivity index (χ4n) is 1.78. The number of alkyl carbamates (subject to hydrolysis) is 1. The number of amides is 1. The molecule has 2 atom stereocenters.